The molecule has 2 aliphatic rings. The first-order chi connectivity index (χ1) is 23.2. The average Bonchev–Trinajstić information content (AvgIpc) is 3.83. The highest BCUT2D eigenvalue weighted by atomic mass is 31.1. The van der Waals surface area contributed by atoms with Crippen LogP contribution in [0.1, 0.15) is 12.5 Å². The molecular formula is C24H28F2N10O10P2+2. The van der Waals surface area contributed by atoms with Gasteiger partial charge < -0.3 is 30.3 Å². The highest BCUT2D eigenvalue weighted by molar-refractivity contribution is 7.32. The molecular weight excluding hydrogens is 688 g/mol. The summed E-state index contributed by atoms with van der Waals surface area (Å²) in [7, 11) is -6.27. The molecule has 6 N–H and O–H groups in total. The Kier molecular flexibility index (Phi) is 10.5. The predicted molar refractivity (Wildman–Crippen MR) is 158 cm³/mol. The van der Waals surface area contributed by atoms with Crippen molar-refractivity contribution in [3.63, 3.8) is 0 Å². The van der Waals surface area contributed by atoms with Crippen molar-refractivity contribution >= 4 is 50.5 Å². The van der Waals surface area contributed by atoms with Gasteiger partial charge in [-0.2, -0.15) is 0 Å². The van der Waals surface area contributed by atoms with Gasteiger partial charge in [-0.05, 0) is 0 Å². The van der Waals surface area contributed by atoms with Gasteiger partial charge in [0.2, 0.25) is 0 Å². The molecule has 6 rings (SSSR count). The number of fused-ring (bicyclic) bond motifs is 2. The number of anilines is 2. The summed E-state index contributed by atoms with van der Waals surface area (Å²) in [6.07, 6.45) is -3.18. The molecule has 256 valence electrons. The van der Waals surface area contributed by atoms with Crippen LogP contribution in [0.4, 0.5) is 20.4 Å². The van der Waals surface area contributed by atoms with Crippen LogP contribution in [0.15, 0.2) is 37.5 Å². The van der Waals surface area contributed by atoms with E-state index < -0.39 is 78.9 Å². The Morgan fingerprint density at radius 1 is 0.750 bits per heavy atom. The summed E-state index contributed by atoms with van der Waals surface area (Å²) in [5.41, 5.74) is 1.02. The van der Waals surface area contributed by atoms with E-state index >= 15 is 8.78 Å². The fourth-order valence-electron chi connectivity index (χ4n) is 5.40. The van der Waals surface area contributed by atoms with Crippen molar-refractivity contribution in [2.45, 2.75) is 49.2 Å². The number of alkyl halides is 2. The van der Waals surface area contributed by atoms with Crippen LogP contribution in [-0.4, -0.2) is 122 Å². The molecule has 2 saturated heterocycles. The quantitative estimate of drug-likeness (QED) is 0.0769. The zero-order valence-electron chi connectivity index (χ0n) is 24.4. The smallest absolute Gasteiger partial charge is 0.394 e. The summed E-state index contributed by atoms with van der Waals surface area (Å²) in [5, 5.41) is 25.2. The number of nitrogens with zero attached hydrogens (tertiary/aromatic N) is 8. The van der Waals surface area contributed by atoms with Crippen molar-refractivity contribution in [2.24, 2.45) is 0 Å². The molecule has 0 bridgehead atoms. The van der Waals surface area contributed by atoms with Gasteiger partial charge >= 0.3 is 16.5 Å². The minimum Gasteiger partial charge on any atom is -0.394 e. The second-order valence-corrected chi connectivity index (χ2v) is 11.7. The lowest BCUT2D eigenvalue weighted by molar-refractivity contribution is -0.0436. The zero-order valence-corrected chi connectivity index (χ0v) is 26.2. The van der Waals surface area contributed by atoms with Crippen LogP contribution in [0.25, 0.3) is 22.3 Å². The number of rotatable bonds is 14. The van der Waals surface area contributed by atoms with Crippen LogP contribution in [0.5, 0.6) is 0 Å². The van der Waals surface area contributed by atoms with E-state index in [1.807, 2.05) is 0 Å². The molecule has 2 aliphatic heterocycles. The Morgan fingerprint density at radius 2 is 1.17 bits per heavy atom. The van der Waals surface area contributed by atoms with Gasteiger partial charge in [-0.1, -0.05) is 12.2 Å². The maximum Gasteiger partial charge on any atom is 0.695 e. The lowest BCUT2D eigenvalue weighted by atomic mass is 10.1. The van der Waals surface area contributed by atoms with Crippen molar-refractivity contribution in [3.05, 3.63) is 37.5 Å². The first-order valence-electron chi connectivity index (χ1n) is 14.2. The van der Waals surface area contributed by atoms with Crippen LogP contribution in [-0.2, 0) is 27.7 Å². The van der Waals surface area contributed by atoms with Gasteiger partial charge in [0.15, 0.2) is 71.0 Å². The first-order valence-corrected chi connectivity index (χ1v) is 16.4. The summed E-state index contributed by atoms with van der Waals surface area (Å²) >= 11 is 0. The summed E-state index contributed by atoms with van der Waals surface area (Å²) in [5.74, 6) is 0.667. The maximum absolute atomic E-state index is 15.2. The van der Waals surface area contributed by atoms with E-state index in [-0.39, 0.29) is 24.4 Å². The highest BCUT2D eigenvalue weighted by Gasteiger charge is 2.52. The van der Waals surface area contributed by atoms with E-state index in [1.165, 1.54) is 34.4 Å². The van der Waals surface area contributed by atoms with Gasteiger partial charge in [0.25, 0.3) is 0 Å². The lowest BCUT2D eigenvalue weighted by Crippen LogP contribution is -2.32. The first kappa shape index (κ1) is 34.1. The van der Waals surface area contributed by atoms with Crippen molar-refractivity contribution in [1.82, 2.24) is 39.0 Å². The number of aliphatic hydroxyl groups excluding tert-OH is 2. The molecule has 0 radical (unpaired) electrons. The second-order valence-electron chi connectivity index (χ2n) is 10.3. The molecule has 0 saturated carbocycles. The molecule has 0 aromatic carbocycles. The number of nitrogens with one attached hydrogen (secondary N) is 2. The van der Waals surface area contributed by atoms with E-state index in [2.05, 4.69) is 40.5 Å². The van der Waals surface area contributed by atoms with Crippen molar-refractivity contribution in [3.8, 4) is 0 Å². The number of aliphatic hydroxyl groups is 2. The molecule has 6 heterocycles. The molecule has 3 unspecified atom stereocenters. The van der Waals surface area contributed by atoms with Gasteiger partial charge in [0, 0.05) is 22.2 Å². The van der Waals surface area contributed by atoms with Crippen molar-refractivity contribution in [1.29, 1.82) is 0 Å². The van der Waals surface area contributed by atoms with Crippen molar-refractivity contribution in [2.75, 3.05) is 36.9 Å². The molecule has 48 heavy (non-hydrogen) atoms. The number of hydrogen-bond acceptors (Lipinski definition) is 16. The van der Waals surface area contributed by atoms with Crippen LogP contribution < -0.4 is 10.6 Å². The number of hydrogen-bond donors (Lipinski definition) is 6. The van der Waals surface area contributed by atoms with E-state index in [1.54, 1.807) is 12.2 Å². The number of imidazole rings is 2. The topological polar surface area (TPSA) is 263 Å². The Hall–Kier alpha value is -3.82. The summed E-state index contributed by atoms with van der Waals surface area (Å²) < 4.78 is 75.7. The second kappa shape index (κ2) is 14.7. The molecule has 0 aliphatic carbocycles. The molecule has 20 nitrogen and oxygen atoms in total. The Labute approximate surface area is 269 Å². The minimum absolute atomic E-state index is 0.213. The number of aromatic nitrogens is 8. The maximum atomic E-state index is 15.2. The molecule has 4 aromatic rings. The molecule has 0 spiro atoms. The Bertz CT molecular complexity index is 1690. The molecule has 24 heteroatoms. The SMILES string of the molecule is O=[P+](O)O[C@H]1[C@@H](F)[C@H](n2cnc3c(NC/C=C/CNc4ncnc5c4ncn5[C@@H]4OC(CO)[C@@H](O[P+](=O)O)[C@H]4F)ncnc32)O[C@@H]1CO. The zero-order chi connectivity index (χ0) is 33.9. The van der Waals surface area contributed by atoms with Crippen molar-refractivity contribution < 1.29 is 56.4 Å². The molecule has 10 atom stereocenters. The van der Waals surface area contributed by atoms with E-state index in [4.69, 9.17) is 28.3 Å². The minimum atomic E-state index is -3.13. The van der Waals surface area contributed by atoms with Gasteiger partial charge in [-0.25, -0.2) is 38.7 Å². The molecule has 0 amide bonds. The Morgan fingerprint density at radius 3 is 1.54 bits per heavy atom. The van der Waals surface area contributed by atoms with Crippen LogP contribution in [0.3, 0.4) is 0 Å². The third kappa shape index (κ3) is 6.72. The van der Waals surface area contributed by atoms with Gasteiger partial charge in [-0.15, -0.1) is 18.8 Å². The van der Waals surface area contributed by atoms with Gasteiger partial charge in [0.05, 0.1) is 25.9 Å². The predicted octanol–water partition coefficient (Wildman–Crippen LogP) is 0.572. The normalized spacial score (nSPS) is 28.1. The third-order valence-electron chi connectivity index (χ3n) is 7.52. The number of halogens is 2. The molecule has 2 fully saturated rings. The third-order valence-corrected chi connectivity index (χ3v) is 8.37. The fraction of sp³-hybridized carbons (Fsp3) is 0.500. The van der Waals surface area contributed by atoms with E-state index in [0.717, 1.165) is 0 Å². The van der Waals surface area contributed by atoms with Crippen LogP contribution in [0.2, 0.25) is 0 Å². The lowest BCUT2D eigenvalue weighted by Gasteiger charge is -2.15. The highest BCUT2D eigenvalue weighted by Crippen LogP contribution is 2.40. The summed E-state index contributed by atoms with van der Waals surface area (Å²) in [6.45, 7) is -0.699. The van der Waals surface area contributed by atoms with Crippen LogP contribution in [0, 0.1) is 0 Å². The fourth-order valence-corrected chi connectivity index (χ4v) is 6.32. The van der Waals surface area contributed by atoms with Gasteiger partial charge in [0.1, 0.15) is 24.9 Å². The standard InChI is InChI=1S/C24H26F2N10O10P2/c25-13-17(45-47(39)40)11(5-37)43-23(13)35-9-33-15-19(29-7-31-21(15)35)27-3-1-2-4-28-20-16-22(32-8-30-20)36(10-34-16)24-14(26)18(46-48(41)42)12(6-38)44-24/h1-2,7-14,17-18,23-24,37-38H,3-6H2,(H2-2,27,28,29,30,31,32,39,40,41,42)/p+2/b2-1+/t11-,12?,13-,14-,17-,18-,23-,24-/m1/s1. The summed E-state index contributed by atoms with van der Waals surface area (Å²) in [4.78, 5) is 43.4. The van der Waals surface area contributed by atoms with Gasteiger partial charge in [-0.3, -0.25) is 9.13 Å². The Balaban J connectivity index is 1.07. The number of ether oxygens (including phenoxy) is 2. The molecule has 4 aromatic heterocycles. The van der Waals surface area contributed by atoms with Crippen LogP contribution >= 0.6 is 16.5 Å². The van der Waals surface area contributed by atoms with E-state index in [0.29, 0.717) is 22.7 Å². The average molecular weight is 716 g/mol. The monoisotopic (exact) mass is 716 g/mol. The van der Waals surface area contributed by atoms with E-state index in [9.17, 15) is 19.3 Å². The largest absolute Gasteiger partial charge is 0.695 e. The summed E-state index contributed by atoms with van der Waals surface area (Å²) in [6, 6.07) is 0.